The summed E-state index contributed by atoms with van der Waals surface area (Å²) in [6.45, 7) is 0.202. The Kier molecular flexibility index (Phi) is 12.0. The average molecular weight is 757 g/mol. The zero-order chi connectivity index (χ0) is 38.3. The van der Waals surface area contributed by atoms with E-state index in [0.29, 0.717) is 5.56 Å². The van der Waals surface area contributed by atoms with Gasteiger partial charge >= 0.3 is 0 Å². The van der Waals surface area contributed by atoms with E-state index in [4.69, 9.17) is 37.9 Å². The highest BCUT2D eigenvalue weighted by Gasteiger charge is 2.50. The fraction of sp³-hybridized carbons (Fsp3) is 0.618. The van der Waals surface area contributed by atoms with Gasteiger partial charge in [0.25, 0.3) is 0 Å². The van der Waals surface area contributed by atoms with Crippen LogP contribution in [0.15, 0.2) is 30.3 Å². The topological polar surface area (TPSA) is 293 Å². The number of phenols is 2. The summed E-state index contributed by atoms with van der Waals surface area (Å²) < 4.78 is 45.6. The SMILES string of the molecule is COc1ccc(C2CC(=O)c3c(O)cc(O[C@@H]4OC(CO[C@@H]5OC(C)[C@H](O)C(O)C5O)[C@@H](O[C@@H]5CC(O)[C@H](O)C(CO)O5)C(O)C4O)cc3O2)cc1O. The number of rotatable bonds is 10. The fourth-order valence-corrected chi connectivity index (χ4v) is 6.69. The van der Waals surface area contributed by atoms with E-state index in [9.17, 15) is 55.9 Å². The van der Waals surface area contributed by atoms with Crippen LogP contribution in [0.25, 0.3) is 0 Å². The van der Waals surface area contributed by atoms with Gasteiger partial charge in [-0.05, 0) is 24.6 Å². The van der Waals surface area contributed by atoms with Crippen molar-refractivity contribution in [1.29, 1.82) is 0 Å². The van der Waals surface area contributed by atoms with Gasteiger partial charge in [-0.2, -0.15) is 0 Å². The smallest absolute Gasteiger partial charge is 0.229 e. The first-order valence-electron chi connectivity index (χ1n) is 16.9. The number of hydrogen-bond donors (Lipinski definition) is 10. The van der Waals surface area contributed by atoms with Crippen molar-refractivity contribution in [2.24, 2.45) is 0 Å². The quantitative estimate of drug-likeness (QED) is 0.122. The van der Waals surface area contributed by atoms with Gasteiger partial charge in [-0.25, -0.2) is 0 Å². The summed E-state index contributed by atoms with van der Waals surface area (Å²) in [6.07, 6.45) is -22.3. The highest BCUT2D eigenvalue weighted by Crippen LogP contribution is 2.44. The van der Waals surface area contributed by atoms with Crippen LogP contribution in [-0.4, -0.2) is 163 Å². The van der Waals surface area contributed by atoms with E-state index in [2.05, 4.69) is 0 Å². The zero-order valence-corrected chi connectivity index (χ0v) is 28.5. The molecule has 0 radical (unpaired) electrons. The predicted molar refractivity (Wildman–Crippen MR) is 172 cm³/mol. The molecular weight excluding hydrogens is 712 g/mol. The van der Waals surface area contributed by atoms with Crippen molar-refractivity contribution >= 4 is 5.78 Å². The number of fused-ring (bicyclic) bond motifs is 1. The summed E-state index contributed by atoms with van der Waals surface area (Å²) in [5, 5.41) is 104. The Hall–Kier alpha value is -3.41. The second-order valence-corrected chi connectivity index (χ2v) is 13.3. The maximum atomic E-state index is 13.1. The minimum atomic E-state index is -1.87. The maximum Gasteiger partial charge on any atom is 0.229 e. The number of ketones is 1. The molecule has 15 atom stereocenters. The molecule has 2 aromatic carbocycles. The van der Waals surface area contributed by atoms with Crippen molar-refractivity contribution in [3.8, 4) is 28.7 Å². The van der Waals surface area contributed by atoms with Gasteiger partial charge in [0.05, 0.1) is 39.0 Å². The molecule has 294 valence electrons. The molecule has 19 heteroatoms. The molecule has 6 rings (SSSR count). The predicted octanol–water partition coefficient (Wildman–Crippen LogP) is -2.30. The van der Waals surface area contributed by atoms with E-state index >= 15 is 0 Å². The summed E-state index contributed by atoms with van der Waals surface area (Å²) in [4.78, 5) is 13.1. The summed E-state index contributed by atoms with van der Waals surface area (Å²) in [6, 6.07) is 6.81. The van der Waals surface area contributed by atoms with Crippen molar-refractivity contribution < 1.29 is 93.8 Å². The van der Waals surface area contributed by atoms with Gasteiger partial charge < -0.3 is 89.0 Å². The second-order valence-electron chi connectivity index (χ2n) is 13.3. The molecule has 0 aliphatic carbocycles. The number of carbonyl (C=O) groups is 1. The Bertz CT molecular complexity index is 1590. The molecular formula is C34H44O19. The number of carbonyl (C=O) groups excluding carboxylic acids is 1. The van der Waals surface area contributed by atoms with Crippen LogP contribution >= 0.6 is 0 Å². The molecule has 0 aromatic heterocycles. The van der Waals surface area contributed by atoms with Crippen molar-refractivity contribution in [2.75, 3.05) is 20.3 Å². The molecule has 9 unspecified atom stereocenters. The van der Waals surface area contributed by atoms with Crippen molar-refractivity contribution in [3.63, 3.8) is 0 Å². The lowest BCUT2D eigenvalue weighted by Gasteiger charge is -2.45. The summed E-state index contributed by atoms with van der Waals surface area (Å²) in [5.41, 5.74) is 0.304. The van der Waals surface area contributed by atoms with Crippen LogP contribution in [0, 0.1) is 0 Å². The molecule has 2 aromatic rings. The molecule has 3 fully saturated rings. The molecule has 4 aliphatic rings. The van der Waals surface area contributed by atoms with Crippen LogP contribution in [0.5, 0.6) is 28.7 Å². The average Bonchev–Trinajstić information content (AvgIpc) is 3.12. The highest BCUT2D eigenvalue weighted by molar-refractivity contribution is 6.02. The van der Waals surface area contributed by atoms with Crippen LogP contribution in [0.3, 0.4) is 0 Å². The molecule has 0 amide bonds. The third-order valence-corrected chi connectivity index (χ3v) is 9.70. The zero-order valence-electron chi connectivity index (χ0n) is 28.5. The minimum Gasteiger partial charge on any atom is -0.507 e. The number of ether oxygens (including phenoxy) is 8. The Morgan fingerprint density at radius 1 is 0.811 bits per heavy atom. The molecule has 53 heavy (non-hydrogen) atoms. The second kappa shape index (κ2) is 16.1. The first-order valence-corrected chi connectivity index (χ1v) is 16.9. The maximum absolute atomic E-state index is 13.1. The lowest BCUT2D eigenvalue weighted by molar-refractivity contribution is -0.345. The lowest BCUT2D eigenvalue weighted by atomic mass is 9.95. The van der Waals surface area contributed by atoms with Crippen LogP contribution in [0.2, 0.25) is 0 Å². The Morgan fingerprint density at radius 2 is 1.55 bits per heavy atom. The molecule has 4 aliphatic heterocycles. The number of phenolic OH excluding ortho intramolecular Hbond substituents is 2. The van der Waals surface area contributed by atoms with Crippen molar-refractivity contribution in [2.45, 2.75) is 112 Å². The lowest BCUT2D eigenvalue weighted by Crippen LogP contribution is -2.63. The summed E-state index contributed by atoms with van der Waals surface area (Å²) in [7, 11) is 1.38. The summed E-state index contributed by atoms with van der Waals surface area (Å²) >= 11 is 0. The van der Waals surface area contributed by atoms with E-state index in [-0.39, 0.29) is 41.4 Å². The number of aliphatic hydroxyl groups excluding tert-OH is 8. The third kappa shape index (κ3) is 8.03. The number of benzene rings is 2. The van der Waals surface area contributed by atoms with Crippen LogP contribution in [0.4, 0.5) is 0 Å². The van der Waals surface area contributed by atoms with Crippen molar-refractivity contribution in [3.05, 3.63) is 41.5 Å². The number of aromatic hydroxyl groups is 2. The number of Topliss-reactive ketones (excluding diaryl/α,β-unsaturated/α-hetero) is 1. The van der Waals surface area contributed by atoms with Gasteiger partial charge in [-0.3, -0.25) is 4.79 Å². The minimum absolute atomic E-state index is 0.0876. The van der Waals surface area contributed by atoms with E-state index < -0.39 is 117 Å². The van der Waals surface area contributed by atoms with Gasteiger partial charge in [0.1, 0.15) is 83.9 Å². The van der Waals surface area contributed by atoms with Gasteiger partial charge in [-0.1, -0.05) is 6.07 Å². The standard InChI is InChI=1S/C34H44O19/c1-12-26(40)28(42)30(44)33(48-12)47-11-23-32(53-24-9-18(39)27(41)22(10-35)51-24)29(43)31(45)34(52-23)49-14-6-16(37)25-17(38)8-20(50-21(25)7-14)13-3-4-19(46-2)15(36)5-13/h3-7,12,18,20,22-24,26-37,39-45H,8-11H2,1-2H3/t12?,18?,20?,22?,23?,24-,26+,27+,28?,29?,30?,31?,32-,33-,34-/m1/s1. The van der Waals surface area contributed by atoms with E-state index in [1.165, 1.54) is 32.2 Å². The van der Waals surface area contributed by atoms with Crippen LogP contribution in [-0.2, 0) is 23.7 Å². The summed E-state index contributed by atoms with van der Waals surface area (Å²) in [5.74, 6) is -1.22. The Labute approximate surface area is 302 Å². The molecule has 0 bridgehead atoms. The first-order chi connectivity index (χ1) is 25.2. The van der Waals surface area contributed by atoms with E-state index in [1.807, 2.05) is 0 Å². The molecule has 4 heterocycles. The first kappa shape index (κ1) is 39.3. The Morgan fingerprint density at radius 3 is 2.25 bits per heavy atom. The highest BCUT2D eigenvalue weighted by atomic mass is 16.7. The molecule has 19 nitrogen and oxygen atoms in total. The molecule has 3 saturated heterocycles. The number of aliphatic hydroxyl groups is 8. The van der Waals surface area contributed by atoms with Crippen LogP contribution in [0.1, 0.15) is 41.8 Å². The molecule has 10 N–H and O–H groups in total. The van der Waals surface area contributed by atoms with Crippen LogP contribution < -0.4 is 14.2 Å². The van der Waals surface area contributed by atoms with Gasteiger partial charge in [0.15, 0.2) is 29.9 Å². The monoisotopic (exact) mass is 756 g/mol. The van der Waals surface area contributed by atoms with E-state index in [1.54, 1.807) is 6.07 Å². The molecule has 0 saturated carbocycles. The third-order valence-electron chi connectivity index (χ3n) is 9.70. The number of methoxy groups -OCH3 is 1. The van der Waals surface area contributed by atoms with E-state index in [0.717, 1.165) is 6.07 Å². The van der Waals surface area contributed by atoms with Gasteiger partial charge in [0, 0.05) is 18.6 Å². The molecule has 0 spiro atoms. The number of hydrogen-bond acceptors (Lipinski definition) is 19. The fourth-order valence-electron chi connectivity index (χ4n) is 6.69. The van der Waals surface area contributed by atoms with Gasteiger partial charge in [-0.15, -0.1) is 0 Å². The largest absolute Gasteiger partial charge is 0.507 e. The normalized spacial score (nSPS) is 38.8. The Balaban J connectivity index is 1.23. The van der Waals surface area contributed by atoms with Gasteiger partial charge in [0.2, 0.25) is 6.29 Å². The van der Waals surface area contributed by atoms with Crippen molar-refractivity contribution in [1.82, 2.24) is 0 Å².